The smallest absolute Gasteiger partial charge is 0.327 e. The molecule has 2 fully saturated rings. The Bertz CT molecular complexity index is 927. The molecule has 1 saturated carbocycles. The maximum atomic E-state index is 12.5. The van der Waals surface area contributed by atoms with Gasteiger partial charge in [0.25, 0.3) is 0 Å². The van der Waals surface area contributed by atoms with Crippen molar-refractivity contribution >= 4 is 17.0 Å². The summed E-state index contributed by atoms with van der Waals surface area (Å²) in [6.07, 6.45) is 12.2. The number of anilines is 1. The number of aryl methyl sites for hydroxylation is 1. The van der Waals surface area contributed by atoms with E-state index in [2.05, 4.69) is 31.7 Å². The first kappa shape index (κ1) is 24.0. The van der Waals surface area contributed by atoms with Crippen molar-refractivity contribution in [3.63, 3.8) is 0 Å². The van der Waals surface area contributed by atoms with Crippen molar-refractivity contribution in [3.8, 4) is 6.01 Å². The average Bonchev–Trinajstić information content (AvgIpc) is 3.16. The quantitative estimate of drug-likeness (QED) is 0.498. The fourth-order valence-corrected chi connectivity index (χ4v) is 5.19. The van der Waals surface area contributed by atoms with Gasteiger partial charge in [0, 0.05) is 38.8 Å². The van der Waals surface area contributed by atoms with Crippen LogP contribution in [0.1, 0.15) is 71.1 Å². The minimum Gasteiger partial charge on any atom is -0.463 e. The SMILES string of the molecule is CCCCOc1nc(N)c2[nH]c(=O)n(CCCCCN3CCN(C4CCCCC4)CC3)c2n1. The van der Waals surface area contributed by atoms with E-state index in [9.17, 15) is 4.79 Å². The van der Waals surface area contributed by atoms with Crippen molar-refractivity contribution in [3.05, 3.63) is 10.5 Å². The molecule has 33 heavy (non-hydrogen) atoms. The summed E-state index contributed by atoms with van der Waals surface area (Å²) in [5.41, 5.74) is 6.89. The van der Waals surface area contributed by atoms with Gasteiger partial charge in [-0.05, 0) is 38.6 Å². The predicted molar refractivity (Wildman–Crippen MR) is 132 cm³/mol. The second-order valence-electron chi connectivity index (χ2n) is 9.60. The van der Waals surface area contributed by atoms with Crippen LogP contribution in [0.3, 0.4) is 0 Å². The average molecular weight is 460 g/mol. The standard InChI is InChI=1S/C24H41N7O2/c1-2-3-18-33-23-27-21(25)20-22(28-23)31(24(32)26-20)13-9-5-8-12-29-14-16-30(17-15-29)19-10-6-4-7-11-19/h19H,2-18H2,1H3,(H,26,32)(H2,25,27,28). The van der Waals surface area contributed by atoms with Crippen LogP contribution in [0.5, 0.6) is 6.01 Å². The minimum atomic E-state index is -0.185. The Morgan fingerprint density at radius 2 is 1.76 bits per heavy atom. The van der Waals surface area contributed by atoms with Crippen LogP contribution in [0.2, 0.25) is 0 Å². The van der Waals surface area contributed by atoms with Gasteiger partial charge in [0.05, 0.1) is 6.61 Å². The van der Waals surface area contributed by atoms with Crippen LogP contribution in [0, 0.1) is 0 Å². The van der Waals surface area contributed by atoms with E-state index in [1.165, 1.54) is 58.3 Å². The maximum absolute atomic E-state index is 12.5. The lowest BCUT2D eigenvalue weighted by atomic mass is 9.94. The van der Waals surface area contributed by atoms with Crippen LogP contribution in [-0.4, -0.2) is 74.7 Å². The molecule has 184 valence electrons. The molecule has 0 radical (unpaired) electrons. The van der Waals surface area contributed by atoms with E-state index in [0.717, 1.165) is 44.7 Å². The van der Waals surface area contributed by atoms with Gasteiger partial charge >= 0.3 is 11.7 Å². The summed E-state index contributed by atoms with van der Waals surface area (Å²) in [5.74, 6) is 0.259. The number of piperazine rings is 1. The van der Waals surface area contributed by atoms with Crippen LogP contribution in [0.25, 0.3) is 11.2 Å². The topological polar surface area (TPSA) is 105 Å². The Balaban J connectivity index is 1.21. The number of hydrogen-bond donors (Lipinski definition) is 2. The van der Waals surface area contributed by atoms with Crippen LogP contribution >= 0.6 is 0 Å². The predicted octanol–water partition coefficient (Wildman–Crippen LogP) is 3.00. The monoisotopic (exact) mass is 459 g/mol. The van der Waals surface area contributed by atoms with Gasteiger partial charge in [-0.1, -0.05) is 39.0 Å². The second kappa shape index (κ2) is 11.8. The summed E-state index contributed by atoms with van der Waals surface area (Å²) >= 11 is 0. The van der Waals surface area contributed by atoms with Crippen LogP contribution in [0.15, 0.2) is 4.79 Å². The van der Waals surface area contributed by atoms with E-state index < -0.39 is 0 Å². The Labute approximate surface area is 196 Å². The number of imidazole rings is 1. The third kappa shape index (κ3) is 6.26. The lowest BCUT2D eigenvalue weighted by Crippen LogP contribution is -2.50. The molecule has 0 amide bonds. The number of fused-ring (bicyclic) bond motifs is 1. The molecule has 0 aromatic carbocycles. The highest BCUT2D eigenvalue weighted by atomic mass is 16.5. The molecule has 3 N–H and O–H groups in total. The molecule has 0 unspecified atom stereocenters. The van der Waals surface area contributed by atoms with E-state index >= 15 is 0 Å². The number of rotatable bonds is 11. The molecule has 2 aromatic rings. The minimum absolute atomic E-state index is 0.185. The van der Waals surface area contributed by atoms with Gasteiger partial charge in [0.2, 0.25) is 0 Å². The van der Waals surface area contributed by atoms with Gasteiger partial charge in [0.1, 0.15) is 5.52 Å². The molecule has 1 saturated heterocycles. The molecule has 4 rings (SSSR count). The molecule has 9 heteroatoms. The molecular weight excluding hydrogens is 418 g/mol. The first-order chi connectivity index (χ1) is 16.2. The third-order valence-corrected chi connectivity index (χ3v) is 7.21. The summed E-state index contributed by atoms with van der Waals surface area (Å²) in [6, 6.07) is 1.08. The first-order valence-electron chi connectivity index (χ1n) is 13.0. The molecule has 9 nitrogen and oxygen atoms in total. The fourth-order valence-electron chi connectivity index (χ4n) is 5.19. The highest BCUT2D eigenvalue weighted by molar-refractivity contribution is 5.81. The van der Waals surface area contributed by atoms with Crippen molar-refractivity contribution < 1.29 is 4.74 Å². The highest BCUT2D eigenvalue weighted by Gasteiger charge is 2.24. The number of nitrogens with two attached hydrogens (primary N) is 1. The van der Waals surface area contributed by atoms with E-state index in [1.807, 2.05) is 0 Å². The van der Waals surface area contributed by atoms with E-state index in [1.54, 1.807) is 4.57 Å². The number of nitrogens with one attached hydrogen (secondary N) is 1. The summed E-state index contributed by atoms with van der Waals surface area (Å²) in [5, 5.41) is 0. The zero-order valence-corrected chi connectivity index (χ0v) is 20.2. The third-order valence-electron chi connectivity index (χ3n) is 7.21. The van der Waals surface area contributed by atoms with Gasteiger partial charge < -0.3 is 20.4 Å². The van der Waals surface area contributed by atoms with Gasteiger partial charge in [-0.15, -0.1) is 0 Å². The number of nitrogen functional groups attached to an aromatic ring is 1. The molecule has 2 aromatic heterocycles. The van der Waals surface area contributed by atoms with Gasteiger partial charge in [-0.3, -0.25) is 9.47 Å². The number of unbranched alkanes of at least 4 members (excludes halogenated alkanes) is 3. The number of ether oxygens (including phenoxy) is 1. The Kier molecular flexibility index (Phi) is 8.61. The Morgan fingerprint density at radius 1 is 1.00 bits per heavy atom. The molecular formula is C24H41N7O2. The normalized spacial score (nSPS) is 18.8. The Hall–Kier alpha value is -2.13. The number of aromatic amines is 1. The number of aromatic nitrogens is 4. The van der Waals surface area contributed by atoms with E-state index in [4.69, 9.17) is 10.5 Å². The molecule has 2 aliphatic rings. The molecule has 1 aliphatic heterocycles. The fraction of sp³-hybridized carbons (Fsp3) is 0.792. The van der Waals surface area contributed by atoms with Crippen molar-refractivity contribution in [2.75, 3.05) is 45.1 Å². The number of nitrogens with zero attached hydrogens (tertiary/aromatic N) is 5. The highest BCUT2D eigenvalue weighted by Crippen LogP contribution is 2.23. The van der Waals surface area contributed by atoms with Crippen LogP contribution in [-0.2, 0) is 6.54 Å². The summed E-state index contributed by atoms with van der Waals surface area (Å²) < 4.78 is 7.29. The van der Waals surface area contributed by atoms with Crippen molar-refractivity contribution in [2.24, 2.45) is 0 Å². The van der Waals surface area contributed by atoms with Crippen molar-refractivity contribution in [2.45, 2.75) is 83.7 Å². The van der Waals surface area contributed by atoms with Crippen molar-refractivity contribution in [1.82, 2.24) is 29.3 Å². The molecule has 0 bridgehead atoms. The number of H-pyrrole nitrogens is 1. The molecule has 1 aliphatic carbocycles. The van der Waals surface area contributed by atoms with Crippen LogP contribution < -0.4 is 16.2 Å². The van der Waals surface area contributed by atoms with Crippen molar-refractivity contribution in [1.29, 1.82) is 0 Å². The van der Waals surface area contributed by atoms with Gasteiger partial charge in [-0.25, -0.2) is 4.79 Å². The lowest BCUT2D eigenvalue weighted by Gasteiger charge is -2.40. The zero-order chi connectivity index (χ0) is 23.0. The first-order valence-corrected chi connectivity index (χ1v) is 13.0. The molecule has 0 spiro atoms. The largest absolute Gasteiger partial charge is 0.463 e. The van der Waals surface area contributed by atoms with E-state index in [0.29, 0.717) is 24.3 Å². The van der Waals surface area contributed by atoms with Crippen LogP contribution in [0.4, 0.5) is 5.82 Å². The summed E-state index contributed by atoms with van der Waals surface area (Å²) in [4.78, 5) is 29.2. The molecule has 3 heterocycles. The lowest BCUT2D eigenvalue weighted by molar-refractivity contribution is 0.0781. The zero-order valence-electron chi connectivity index (χ0n) is 20.2. The van der Waals surface area contributed by atoms with Gasteiger partial charge in [0.15, 0.2) is 11.5 Å². The summed E-state index contributed by atoms with van der Waals surface area (Å²) in [7, 11) is 0. The number of hydrogen-bond acceptors (Lipinski definition) is 7. The Morgan fingerprint density at radius 3 is 2.52 bits per heavy atom. The summed E-state index contributed by atoms with van der Waals surface area (Å²) in [6.45, 7) is 9.24. The maximum Gasteiger partial charge on any atom is 0.327 e. The molecule has 0 atom stereocenters. The van der Waals surface area contributed by atoms with E-state index in [-0.39, 0.29) is 17.5 Å². The second-order valence-corrected chi connectivity index (χ2v) is 9.60. The van der Waals surface area contributed by atoms with Gasteiger partial charge in [-0.2, -0.15) is 9.97 Å².